The SMILES string of the molecule is CCc1ccc(NC(=O)CCSCc2nc3sc4c(c3c(=O)[nH]2)CCC4)cc1. The van der Waals surface area contributed by atoms with Gasteiger partial charge in [0, 0.05) is 22.7 Å². The number of hydrogen-bond acceptors (Lipinski definition) is 5. The van der Waals surface area contributed by atoms with Gasteiger partial charge in [0.05, 0.1) is 11.1 Å². The van der Waals surface area contributed by atoms with Crippen molar-refractivity contribution >= 4 is 44.9 Å². The smallest absolute Gasteiger partial charge is 0.259 e. The number of anilines is 1. The summed E-state index contributed by atoms with van der Waals surface area (Å²) in [7, 11) is 0. The first-order chi connectivity index (χ1) is 13.6. The average Bonchev–Trinajstić information content (AvgIpc) is 3.26. The van der Waals surface area contributed by atoms with Gasteiger partial charge in [-0.15, -0.1) is 11.3 Å². The zero-order chi connectivity index (χ0) is 19.5. The number of rotatable bonds is 7. The van der Waals surface area contributed by atoms with Crippen molar-refractivity contribution in [1.82, 2.24) is 9.97 Å². The molecule has 1 aromatic carbocycles. The first kappa shape index (κ1) is 19.2. The van der Waals surface area contributed by atoms with E-state index in [0.29, 0.717) is 23.8 Å². The van der Waals surface area contributed by atoms with E-state index in [9.17, 15) is 9.59 Å². The lowest BCUT2D eigenvalue weighted by Gasteiger charge is -2.06. The maximum atomic E-state index is 12.4. The quantitative estimate of drug-likeness (QED) is 0.567. The van der Waals surface area contributed by atoms with Crippen LogP contribution in [-0.4, -0.2) is 21.6 Å². The Kier molecular flexibility index (Phi) is 5.82. The molecular weight excluding hydrogens is 390 g/mol. The first-order valence-corrected chi connectivity index (χ1v) is 11.6. The van der Waals surface area contributed by atoms with Crippen LogP contribution >= 0.6 is 23.1 Å². The van der Waals surface area contributed by atoms with Gasteiger partial charge in [0.2, 0.25) is 5.91 Å². The molecule has 2 N–H and O–H groups in total. The van der Waals surface area contributed by atoms with E-state index >= 15 is 0 Å². The molecule has 0 unspecified atom stereocenters. The fourth-order valence-electron chi connectivity index (χ4n) is 3.50. The van der Waals surface area contributed by atoms with Crippen molar-refractivity contribution in [2.75, 3.05) is 11.1 Å². The van der Waals surface area contributed by atoms with Gasteiger partial charge in [0.25, 0.3) is 5.56 Å². The van der Waals surface area contributed by atoms with Crippen LogP contribution in [0.1, 0.15) is 41.6 Å². The number of H-pyrrole nitrogens is 1. The second-order valence-corrected chi connectivity index (χ2v) is 9.14. The Labute approximate surface area is 172 Å². The molecule has 28 heavy (non-hydrogen) atoms. The number of aromatic nitrogens is 2. The topological polar surface area (TPSA) is 74.8 Å². The highest BCUT2D eigenvalue weighted by Crippen LogP contribution is 2.34. The molecule has 0 radical (unpaired) electrons. The van der Waals surface area contributed by atoms with Crippen molar-refractivity contribution in [3.05, 3.63) is 56.4 Å². The number of nitrogens with zero attached hydrogens (tertiary/aromatic N) is 1. The molecule has 0 spiro atoms. The Morgan fingerprint density at radius 2 is 2.11 bits per heavy atom. The van der Waals surface area contributed by atoms with Crippen molar-refractivity contribution in [2.45, 2.75) is 44.8 Å². The lowest BCUT2D eigenvalue weighted by molar-refractivity contribution is -0.115. The van der Waals surface area contributed by atoms with Gasteiger partial charge in [0.1, 0.15) is 10.7 Å². The lowest BCUT2D eigenvalue weighted by atomic mass is 10.1. The van der Waals surface area contributed by atoms with Crippen LogP contribution in [-0.2, 0) is 29.8 Å². The molecular formula is C21H23N3O2S2. The number of nitrogens with one attached hydrogen (secondary N) is 2. The number of amides is 1. The van der Waals surface area contributed by atoms with Crippen LogP contribution in [0.4, 0.5) is 5.69 Å². The van der Waals surface area contributed by atoms with Gasteiger partial charge in [-0.05, 0) is 48.9 Å². The van der Waals surface area contributed by atoms with Crippen LogP contribution in [0.25, 0.3) is 10.2 Å². The lowest BCUT2D eigenvalue weighted by Crippen LogP contribution is -2.13. The summed E-state index contributed by atoms with van der Waals surface area (Å²) in [5.74, 6) is 1.98. The summed E-state index contributed by atoms with van der Waals surface area (Å²) in [5.41, 5.74) is 3.27. The maximum Gasteiger partial charge on any atom is 0.259 e. The molecule has 7 heteroatoms. The van der Waals surface area contributed by atoms with E-state index in [1.54, 1.807) is 23.1 Å². The van der Waals surface area contributed by atoms with Gasteiger partial charge in [-0.2, -0.15) is 11.8 Å². The minimum atomic E-state index is -0.0201. The number of aromatic amines is 1. The Bertz CT molecular complexity index is 1050. The summed E-state index contributed by atoms with van der Waals surface area (Å²) in [6, 6.07) is 7.93. The van der Waals surface area contributed by atoms with Crippen molar-refractivity contribution in [1.29, 1.82) is 0 Å². The summed E-state index contributed by atoms with van der Waals surface area (Å²) in [4.78, 5) is 34.3. The van der Waals surface area contributed by atoms with Crippen molar-refractivity contribution < 1.29 is 4.79 Å². The van der Waals surface area contributed by atoms with Crippen LogP contribution in [0.5, 0.6) is 0 Å². The molecule has 2 aromatic heterocycles. The van der Waals surface area contributed by atoms with E-state index in [1.165, 1.54) is 16.0 Å². The van der Waals surface area contributed by atoms with E-state index in [2.05, 4.69) is 22.2 Å². The second kappa shape index (κ2) is 8.49. The molecule has 0 saturated heterocycles. The zero-order valence-corrected chi connectivity index (χ0v) is 17.5. The number of thiophene rings is 1. The van der Waals surface area contributed by atoms with Crippen LogP contribution in [0.15, 0.2) is 29.1 Å². The Morgan fingerprint density at radius 3 is 2.89 bits per heavy atom. The molecule has 0 fully saturated rings. The number of thioether (sulfide) groups is 1. The Morgan fingerprint density at radius 1 is 1.29 bits per heavy atom. The molecule has 0 saturated carbocycles. The van der Waals surface area contributed by atoms with Gasteiger partial charge < -0.3 is 10.3 Å². The number of fused-ring (bicyclic) bond motifs is 3. The van der Waals surface area contributed by atoms with Crippen molar-refractivity contribution in [3.8, 4) is 0 Å². The molecule has 5 nitrogen and oxygen atoms in total. The van der Waals surface area contributed by atoms with Crippen LogP contribution < -0.4 is 10.9 Å². The van der Waals surface area contributed by atoms with Gasteiger partial charge in [0.15, 0.2) is 0 Å². The molecule has 0 bridgehead atoms. The van der Waals surface area contributed by atoms with Gasteiger partial charge in [-0.3, -0.25) is 9.59 Å². The standard InChI is InChI=1S/C21H23N3O2S2/c1-2-13-6-8-14(9-7-13)22-18(25)10-11-27-12-17-23-20(26)19-15-4-3-5-16(15)28-21(19)24-17/h6-9H,2-5,10-12H2,1H3,(H,22,25)(H,23,24,26). The number of benzene rings is 1. The van der Waals surface area contributed by atoms with E-state index in [-0.39, 0.29) is 11.5 Å². The summed E-state index contributed by atoms with van der Waals surface area (Å²) >= 11 is 3.27. The molecule has 146 valence electrons. The molecule has 0 atom stereocenters. The summed E-state index contributed by atoms with van der Waals surface area (Å²) < 4.78 is 0. The number of hydrogen-bond donors (Lipinski definition) is 2. The Balaban J connectivity index is 1.29. The first-order valence-electron chi connectivity index (χ1n) is 9.64. The summed E-state index contributed by atoms with van der Waals surface area (Å²) in [6.07, 6.45) is 4.61. The zero-order valence-electron chi connectivity index (χ0n) is 15.8. The molecule has 1 amide bonds. The number of carbonyl (C=O) groups is 1. The maximum absolute atomic E-state index is 12.4. The third-order valence-corrected chi connectivity index (χ3v) is 7.14. The van der Waals surface area contributed by atoms with E-state index < -0.39 is 0 Å². The second-order valence-electron chi connectivity index (χ2n) is 6.95. The molecule has 2 heterocycles. The van der Waals surface area contributed by atoms with Crippen molar-refractivity contribution in [2.24, 2.45) is 0 Å². The summed E-state index contributed by atoms with van der Waals surface area (Å²) in [6.45, 7) is 2.11. The highest BCUT2D eigenvalue weighted by Gasteiger charge is 2.21. The summed E-state index contributed by atoms with van der Waals surface area (Å²) in [5, 5.41) is 3.71. The third-order valence-electron chi connectivity index (χ3n) is 4.98. The number of aryl methyl sites for hydroxylation is 3. The molecule has 4 rings (SSSR count). The Hall–Kier alpha value is -2.12. The molecule has 3 aromatic rings. The predicted molar refractivity (Wildman–Crippen MR) is 117 cm³/mol. The van der Waals surface area contributed by atoms with Crippen LogP contribution in [0.3, 0.4) is 0 Å². The van der Waals surface area contributed by atoms with E-state index in [0.717, 1.165) is 41.6 Å². The largest absolute Gasteiger partial charge is 0.326 e. The van der Waals surface area contributed by atoms with Crippen LogP contribution in [0, 0.1) is 0 Å². The minimum Gasteiger partial charge on any atom is -0.326 e. The predicted octanol–water partition coefficient (Wildman–Crippen LogP) is 4.30. The van der Waals surface area contributed by atoms with E-state index in [4.69, 9.17) is 0 Å². The minimum absolute atomic E-state index is 0.00309. The van der Waals surface area contributed by atoms with Gasteiger partial charge in [-0.1, -0.05) is 19.1 Å². The van der Waals surface area contributed by atoms with Gasteiger partial charge in [-0.25, -0.2) is 4.98 Å². The third kappa shape index (κ3) is 4.15. The highest BCUT2D eigenvalue weighted by molar-refractivity contribution is 7.98. The van der Waals surface area contributed by atoms with E-state index in [1.807, 2.05) is 24.3 Å². The molecule has 0 aliphatic heterocycles. The highest BCUT2D eigenvalue weighted by atomic mass is 32.2. The molecule has 1 aliphatic carbocycles. The molecule has 1 aliphatic rings. The normalized spacial score (nSPS) is 13.0. The van der Waals surface area contributed by atoms with Crippen molar-refractivity contribution in [3.63, 3.8) is 0 Å². The fraction of sp³-hybridized carbons (Fsp3) is 0.381. The van der Waals surface area contributed by atoms with Crippen LogP contribution in [0.2, 0.25) is 0 Å². The fourth-order valence-corrected chi connectivity index (χ4v) is 5.58. The average molecular weight is 414 g/mol. The number of carbonyl (C=O) groups excluding carboxylic acids is 1. The monoisotopic (exact) mass is 413 g/mol. The van der Waals surface area contributed by atoms with Gasteiger partial charge >= 0.3 is 0 Å².